The predicted octanol–water partition coefficient (Wildman–Crippen LogP) is 1.30. The molecule has 8 nitrogen and oxygen atoms in total. The molecule has 0 heterocycles. The van der Waals surface area contributed by atoms with Crippen molar-refractivity contribution in [1.29, 1.82) is 5.26 Å². The van der Waals surface area contributed by atoms with Crippen molar-refractivity contribution in [3.63, 3.8) is 0 Å². The molecule has 0 aromatic heterocycles. The second-order valence-corrected chi connectivity index (χ2v) is 4.38. The van der Waals surface area contributed by atoms with E-state index in [1.807, 2.05) is 6.92 Å². The van der Waals surface area contributed by atoms with Crippen LogP contribution < -0.4 is 10.6 Å². The van der Waals surface area contributed by atoms with E-state index in [2.05, 4.69) is 10.6 Å². The first kappa shape index (κ1) is 17.1. The maximum Gasteiger partial charge on any atom is 0.269 e. The minimum Gasteiger partial charge on any atom is -0.394 e. The number of hydrogen-bond donors (Lipinski definition) is 3. The smallest absolute Gasteiger partial charge is 0.269 e. The van der Waals surface area contributed by atoms with Crippen molar-refractivity contribution in [2.45, 2.75) is 19.4 Å². The molecule has 116 valence electrons. The van der Waals surface area contributed by atoms with Gasteiger partial charge in [0.2, 0.25) is 0 Å². The third-order valence-corrected chi connectivity index (χ3v) is 2.88. The van der Waals surface area contributed by atoms with Gasteiger partial charge in [-0.15, -0.1) is 0 Å². The van der Waals surface area contributed by atoms with Crippen LogP contribution in [0.1, 0.15) is 13.3 Å². The molecule has 1 aromatic rings. The molecule has 0 spiro atoms. The first-order chi connectivity index (χ1) is 10.5. The van der Waals surface area contributed by atoms with E-state index in [9.17, 15) is 14.9 Å². The molecule has 8 heteroatoms. The third kappa shape index (κ3) is 4.88. The quantitative estimate of drug-likeness (QED) is 0.301. The van der Waals surface area contributed by atoms with E-state index in [0.717, 1.165) is 0 Å². The molecule has 0 saturated heterocycles. The number of nitrogens with zero attached hydrogens (tertiary/aromatic N) is 2. The lowest BCUT2D eigenvalue weighted by atomic mass is 10.2. The molecule has 1 rings (SSSR count). The Morgan fingerprint density at radius 2 is 2.14 bits per heavy atom. The van der Waals surface area contributed by atoms with Crippen LogP contribution in [-0.4, -0.2) is 28.6 Å². The van der Waals surface area contributed by atoms with E-state index in [1.165, 1.54) is 30.5 Å². The number of nitro groups is 1. The Balaban J connectivity index is 2.75. The Bertz CT molecular complexity index is 600. The van der Waals surface area contributed by atoms with Gasteiger partial charge in [0.05, 0.1) is 11.5 Å². The Morgan fingerprint density at radius 1 is 1.50 bits per heavy atom. The standard InChI is InChI=1S/C14H16N4O4/c1-2-11(9-19)16-8-10(7-15)14(20)17-12-3-5-13(6-4-12)18(21)22/h3-6,8,11,16,19H,2,9H2,1H3,(H,17,20)/b10-8-. The number of nitriles is 1. The molecule has 0 aliphatic heterocycles. The number of aliphatic hydroxyl groups is 1. The summed E-state index contributed by atoms with van der Waals surface area (Å²) in [6.07, 6.45) is 1.88. The molecule has 0 saturated carbocycles. The Labute approximate surface area is 127 Å². The van der Waals surface area contributed by atoms with E-state index in [0.29, 0.717) is 12.1 Å². The number of nitrogens with one attached hydrogen (secondary N) is 2. The van der Waals surface area contributed by atoms with Crippen molar-refractivity contribution in [1.82, 2.24) is 5.32 Å². The molecule has 0 radical (unpaired) electrons. The molecule has 0 aliphatic carbocycles. The van der Waals surface area contributed by atoms with Crippen LogP contribution in [0.25, 0.3) is 0 Å². The van der Waals surface area contributed by atoms with Gasteiger partial charge in [-0.3, -0.25) is 14.9 Å². The SMILES string of the molecule is CCC(CO)N/C=C(/C#N)C(=O)Nc1ccc([N+](=O)[O-])cc1. The number of aliphatic hydroxyl groups excluding tert-OH is 1. The van der Waals surface area contributed by atoms with Crippen molar-refractivity contribution in [2.24, 2.45) is 0 Å². The van der Waals surface area contributed by atoms with Crippen LogP contribution in [0.15, 0.2) is 36.0 Å². The number of benzene rings is 1. The molecule has 3 N–H and O–H groups in total. The highest BCUT2D eigenvalue weighted by Crippen LogP contribution is 2.15. The van der Waals surface area contributed by atoms with Crippen LogP contribution in [0, 0.1) is 21.4 Å². The molecular weight excluding hydrogens is 288 g/mol. The number of non-ortho nitro benzene ring substituents is 1. The minimum atomic E-state index is -0.642. The second-order valence-electron chi connectivity index (χ2n) is 4.38. The maximum atomic E-state index is 11.9. The molecule has 1 unspecified atom stereocenters. The third-order valence-electron chi connectivity index (χ3n) is 2.88. The van der Waals surface area contributed by atoms with Gasteiger partial charge in [0, 0.05) is 30.1 Å². The minimum absolute atomic E-state index is 0.0931. The first-order valence-electron chi connectivity index (χ1n) is 6.54. The molecule has 0 bridgehead atoms. The monoisotopic (exact) mass is 304 g/mol. The summed E-state index contributed by atoms with van der Waals surface area (Å²) in [5.74, 6) is -0.642. The fraction of sp³-hybridized carbons (Fsp3) is 0.286. The summed E-state index contributed by atoms with van der Waals surface area (Å²) in [5, 5.41) is 33.8. The topological polar surface area (TPSA) is 128 Å². The van der Waals surface area contributed by atoms with Crippen LogP contribution in [0.4, 0.5) is 11.4 Å². The van der Waals surface area contributed by atoms with E-state index >= 15 is 0 Å². The summed E-state index contributed by atoms with van der Waals surface area (Å²) >= 11 is 0. The number of nitro benzene ring substituents is 1. The lowest BCUT2D eigenvalue weighted by Crippen LogP contribution is -2.28. The van der Waals surface area contributed by atoms with Crippen LogP contribution >= 0.6 is 0 Å². The van der Waals surface area contributed by atoms with E-state index in [4.69, 9.17) is 10.4 Å². The average molecular weight is 304 g/mol. The molecule has 1 amide bonds. The number of carbonyl (C=O) groups excluding carboxylic acids is 1. The number of rotatable bonds is 7. The van der Waals surface area contributed by atoms with Gasteiger partial charge >= 0.3 is 0 Å². The number of hydrogen-bond acceptors (Lipinski definition) is 6. The summed E-state index contributed by atoms with van der Waals surface area (Å²) in [4.78, 5) is 21.9. The Morgan fingerprint density at radius 3 is 2.59 bits per heavy atom. The van der Waals surface area contributed by atoms with Crippen LogP contribution in [0.3, 0.4) is 0 Å². The summed E-state index contributed by atoms with van der Waals surface area (Å²) in [7, 11) is 0. The van der Waals surface area contributed by atoms with Crippen molar-refractivity contribution in [3.8, 4) is 6.07 Å². The van der Waals surface area contributed by atoms with Crippen molar-refractivity contribution in [3.05, 3.63) is 46.2 Å². The zero-order valence-electron chi connectivity index (χ0n) is 11.9. The summed E-state index contributed by atoms with van der Waals surface area (Å²) in [6, 6.07) is 6.77. The summed E-state index contributed by atoms with van der Waals surface area (Å²) < 4.78 is 0. The molecular formula is C14H16N4O4. The number of anilines is 1. The van der Waals surface area contributed by atoms with Gasteiger partial charge < -0.3 is 15.7 Å². The highest BCUT2D eigenvalue weighted by Gasteiger charge is 2.11. The molecule has 0 aliphatic rings. The number of amides is 1. The summed E-state index contributed by atoms with van der Waals surface area (Å²) in [6.45, 7) is 1.74. The van der Waals surface area contributed by atoms with Crippen molar-refractivity contribution in [2.75, 3.05) is 11.9 Å². The highest BCUT2D eigenvalue weighted by atomic mass is 16.6. The molecule has 22 heavy (non-hydrogen) atoms. The molecule has 0 fully saturated rings. The first-order valence-corrected chi connectivity index (χ1v) is 6.54. The van der Waals surface area contributed by atoms with Crippen LogP contribution in [0.2, 0.25) is 0 Å². The lowest BCUT2D eigenvalue weighted by molar-refractivity contribution is -0.384. The largest absolute Gasteiger partial charge is 0.394 e. The zero-order valence-corrected chi connectivity index (χ0v) is 11.9. The van der Waals surface area contributed by atoms with Gasteiger partial charge in [-0.2, -0.15) is 5.26 Å². The normalized spacial score (nSPS) is 12.1. The second kappa shape index (κ2) is 8.39. The molecule has 1 aromatic carbocycles. The van der Waals surface area contributed by atoms with Gasteiger partial charge in [0.1, 0.15) is 11.6 Å². The van der Waals surface area contributed by atoms with E-state index in [1.54, 1.807) is 6.07 Å². The molecule has 1 atom stereocenters. The van der Waals surface area contributed by atoms with Crippen LogP contribution in [0.5, 0.6) is 0 Å². The average Bonchev–Trinajstić information content (AvgIpc) is 2.52. The van der Waals surface area contributed by atoms with Crippen molar-refractivity contribution >= 4 is 17.3 Å². The van der Waals surface area contributed by atoms with Gasteiger partial charge in [-0.05, 0) is 18.6 Å². The van der Waals surface area contributed by atoms with Gasteiger partial charge in [-0.25, -0.2) is 0 Å². The van der Waals surface area contributed by atoms with Gasteiger partial charge in [-0.1, -0.05) is 6.92 Å². The summed E-state index contributed by atoms with van der Waals surface area (Å²) in [5.41, 5.74) is 0.0839. The lowest BCUT2D eigenvalue weighted by Gasteiger charge is -2.12. The van der Waals surface area contributed by atoms with Crippen LogP contribution in [-0.2, 0) is 4.79 Å². The number of carbonyl (C=O) groups is 1. The maximum absolute atomic E-state index is 11.9. The van der Waals surface area contributed by atoms with Gasteiger partial charge in [0.25, 0.3) is 11.6 Å². The highest BCUT2D eigenvalue weighted by molar-refractivity contribution is 6.06. The van der Waals surface area contributed by atoms with Crippen molar-refractivity contribution < 1.29 is 14.8 Å². The Kier molecular flexibility index (Phi) is 6.53. The fourth-order valence-corrected chi connectivity index (χ4v) is 1.51. The Hall–Kier alpha value is -2.92. The predicted molar refractivity (Wildman–Crippen MR) is 79.7 cm³/mol. The zero-order chi connectivity index (χ0) is 16.5. The van der Waals surface area contributed by atoms with E-state index in [-0.39, 0.29) is 23.9 Å². The fourth-order valence-electron chi connectivity index (χ4n) is 1.51. The van der Waals surface area contributed by atoms with E-state index < -0.39 is 10.8 Å². The van der Waals surface area contributed by atoms with Gasteiger partial charge in [0.15, 0.2) is 0 Å².